The van der Waals surface area contributed by atoms with Crippen molar-refractivity contribution in [1.82, 2.24) is 0 Å². The summed E-state index contributed by atoms with van der Waals surface area (Å²) in [6.07, 6.45) is 8.98. The summed E-state index contributed by atoms with van der Waals surface area (Å²) in [5.41, 5.74) is 1.98. The minimum Gasteiger partial charge on any atom is -0.368 e. The monoisotopic (exact) mass is 612 g/mol. The van der Waals surface area contributed by atoms with Gasteiger partial charge in [-0.1, -0.05) is 48.6 Å². The molecule has 1 saturated heterocycles. The zero-order valence-electron chi connectivity index (χ0n) is 25.0. The molecule has 7 heteroatoms. The van der Waals surface area contributed by atoms with Crippen molar-refractivity contribution in [2.45, 2.75) is 101 Å². The van der Waals surface area contributed by atoms with Crippen LogP contribution >= 0.6 is 0 Å². The van der Waals surface area contributed by atoms with Crippen LogP contribution in [0.2, 0.25) is 0 Å². The number of epoxide rings is 1. The summed E-state index contributed by atoms with van der Waals surface area (Å²) in [6.45, 7) is 2.29. The van der Waals surface area contributed by atoms with Gasteiger partial charge in [-0.15, -0.1) is 0 Å². The van der Waals surface area contributed by atoms with Crippen LogP contribution in [0.1, 0.15) is 128 Å². The molecule has 0 amide bonds. The average molecular weight is 613 g/mol. The molecule has 1 nitrogen and oxygen atoms in total. The normalized spacial score (nSPS) is 25.5. The molecule has 44 heavy (non-hydrogen) atoms. The molecule has 0 aromatic heterocycles. The molecule has 0 spiro atoms. The Labute approximate surface area is 255 Å². The number of hydrogen-bond donors (Lipinski definition) is 0. The third-order valence-corrected chi connectivity index (χ3v) is 10.2. The lowest BCUT2D eigenvalue weighted by Crippen LogP contribution is -2.18. The summed E-state index contributed by atoms with van der Waals surface area (Å²) in [5.74, 6) is -5.65. The van der Waals surface area contributed by atoms with E-state index < -0.39 is 34.9 Å². The summed E-state index contributed by atoms with van der Waals surface area (Å²) in [6, 6.07) is 9.93. The molecule has 1 aliphatic heterocycles. The first-order valence-corrected chi connectivity index (χ1v) is 15.9. The van der Waals surface area contributed by atoms with Gasteiger partial charge in [0.1, 0.15) is 6.10 Å². The van der Waals surface area contributed by atoms with Gasteiger partial charge in [0, 0.05) is 5.56 Å². The average Bonchev–Trinajstić information content (AvgIpc) is 3.88. The van der Waals surface area contributed by atoms with Crippen LogP contribution in [0.15, 0.2) is 48.6 Å². The minimum atomic E-state index is -0.851. The van der Waals surface area contributed by atoms with Gasteiger partial charge in [0.05, 0.1) is 6.61 Å². The lowest BCUT2D eigenvalue weighted by molar-refractivity contribution is 0.358. The van der Waals surface area contributed by atoms with E-state index in [1.165, 1.54) is 0 Å². The number of halogens is 6. The zero-order chi connectivity index (χ0) is 31.0. The molecule has 6 rings (SSSR count). The molecule has 3 fully saturated rings. The third-order valence-electron chi connectivity index (χ3n) is 10.2. The summed E-state index contributed by atoms with van der Waals surface area (Å²) >= 11 is 0. The second-order valence-electron chi connectivity index (χ2n) is 12.7. The SMILES string of the molecule is C/C=C/CCc1ccc(C2CCC(c3ccc(C4CCC(c5ccc(C6CO6)c(F)c5F)CC4)c(F)c3F)CC2)c(F)c1F. The predicted molar refractivity (Wildman–Crippen MR) is 159 cm³/mol. The van der Waals surface area contributed by atoms with E-state index in [4.69, 9.17) is 4.74 Å². The van der Waals surface area contributed by atoms with Gasteiger partial charge >= 0.3 is 0 Å². The number of aryl methyl sites for hydroxylation is 1. The summed E-state index contributed by atoms with van der Waals surface area (Å²) < 4.78 is 95.1. The van der Waals surface area contributed by atoms with E-state index in [9.17, 15) is 17.6 Å². The quantitative estimate of drug-likeness (QED) is 0.140. The summed E-state index contributed by atoms with van der Waals surface area (Å²) in [5, 5.41) is 0. The topological polar surface area (TPSA) is 12.5 Å². The molecule has 1 atom stereocenters. The van der Waals surface area contributed by atoms with Crippen LogP contribution in [-0.4, -0.2) is 6.61 Å². The largest absolute Gasteiger partial charge is 0.368 e. The molecular weight excluding hydrogens is 574 g/mol. The third kappa shape index (κ3) is 6.09. The van der Waals surface area contributed by atoms with Gasteiger partial charge in [-0.2, -0.15) is 0 Å². The van der Waals surface area contributed by atoms with Crippen LogP contribution < -0.4 is 0 Å². The van der Waals surface area contributed by atoms with E-state index in [0.29, 0.717) is 98.6 Å². The Kier molecular flexibility index (Phi) is 9.23. The molecule has 0 radical (unpaired) electrons. The Morgan fingerprint density at radius 2 is 0.886 bits per heavy atom. The molecule has 1 heterocycles. The molecule has 3 aromatic carbocycles. The maximum absolute atomic E-state index is 15.5. The Morgan fingerprint density at radius 1 is 0.545 bits per heavy atom. The Bertz CT molecular complexity index is 1530. The smallest absolute Gasteiger partial charge is 0.165 e. The van der Waals surface area contributed by atoms with E-state index in [1.54, 1.807) is 36.4 Å². The summed E-state index contributed by atoms with van der Waals surface area (Å²) in [7, 11) is 0. The van der Waals surface area contributed by atoms with Gasteiger partial charge in [0.25, 0.3) is 0 Å². The second-order valence-corrected chi connectivity index (χ2v) is 12.7. The maximum atomic E-state index is 15.5. The van der Waals surface area contributed by atoms with Crippen LogP contribution in [0.25, 0.3) is 0 Å². The number of rotatable bonds is 8. The van der Waals surface area contributed by atoms with Crippen LogP contribution in [0.5, 0.6) is 0 Å². The van der Waals surface area contributed by atoms with Crippen LogP contribution in [0.3, 0.4) is 0 Å². The zero-order valence-corrected chi connectivity index (χ0v) is 25.0. The van der Waals surface area contributed by atoms with E-state index in [0.717, 1.165) is 0 Å². The molecule has 2 aliphatic carbocycles. The van der Waals surface area contributed by atoms with Crippen molar-refractivity contribution >= 4 is 0 Å². The molecule has 234 valence electrons. The highest BCUT2D eigenvalue weighted by Crippen LogP contribution is 2.46. The first-order chi connectivity index (χ1) is 21.3. The van der Waals surface area contributed by atoms with E-state index in [-0.39, 0.29) is 35.3 Å². The van der Waals surface area contributed by atoms with Gasteiger partial charge in [0.2, 0.25) is 0 Å². The highest BCUT2D eigenvalue weighted by molar-refractivity contribution is 5.35. The molecule has 0 N–H and O–H groups in total. The Hall–Kier alpha value is -3.06. The summed E-state index contributed by atoms with van der Waals surface area (Å²) in [4.78, 5) is 0. The van der Waals surface area contributed by atoms with E-state index >= 15 is 8.78 Å². The fraction of sp³-hybridized carbons (Fsp3) is 0.459. The highest BCUT2D eigenvalue weighted by atomic mass is 19.2. The van der Waals surface area contributed by atoms with Gasteiger partial charge in [-0.05, 0) is 123 Å². The van der Waals surface area contributed by atoms with Crippen LogP contribution in [0.4, 0.5) is 26.3 Å². The number of allylic oxidation sites excluding steroid dienone is 2. The molecule has 3 aliphatic rings. The fourth-order valence-electron chi connectivity index (χ4n) is 7.53. The highest BCUT2D eigenvalue weighted by Gasteiger charge is 2.34. The van der Waals surface area contributed by atoms with Crippen LogP contribution in [-0.2, 0) is 11.2 Å². The van der Waals surface area contributed by atoms with Gasteiger partial charge in [-0.25, -0.2) is 26.3 Å². The van der Waals surface area contributed by atoms with Crippen molar-refractivity contribution in [2.24, 2.45) is 0 Å². The van der Waals surface area contributed by atoms with E-state index in [1.807, 2.05) is 19.1 Å². The molecule has 3 aromatic rings. The van der Waals surface area contributed by atoms with Crippen molar-refractivity contribution in [3.8, 4) is 0 Å². The van der Waals surface area contributed by atoms with Crippen molar-refractivity contribution in [3.63, 3.8) is 0 Å². The number of ether oxygens (including phenoxy) is 1. The lowest BCUT2D eigenvalue weighted by Gasteiger charge is -2.31. The molecule has 2 saturated carbocycles. The Balaban J connectivity index is 1.08. The van der Waals surface area contributed by atoms with Crippen LogP contribution in [0, 0.1) is 34.9 Å². The molecule has 1 unspecified atom stereocenters. The van der Waals surface area contributed by atoms with Crippen molar-refractivity contribution < 1.29 is 31.1 Å². The minimum absolute atomic E-state index is 0.163. The van der Waals surface area contributed by atoms with E-state index in [2.05, 4.69) is 0 Å². The van der Waals surface area contributed by atoms with Gasteiger partial charge in [0.15, 0.2) is 34.9 Å². The lowest BCUT2D eigenvalue weighted by atomic mass is 9.74. The number of benzene rings is 3. The fourth-order valence-corrected chi connectivity index (χ4v) is 7.53. The maximum Gasteiger partial charge on any atom is 0.165 e. The Morgan fingerprint density at radius 3 is 1.27 bits per heavy atom. The first kappa shape index (κ1) is 30.9. The van der Waals surface area contributed by atoms with Gasteiger partial charge in [-0.3, -0.25) is 0 Å². The first-order valence-electron chi connectivity index (χ1n) is 15.9. The number of hydrogen-bond acceptors (Lipinski definition) is 1. The van der Waals surface area contributed by atoms with Gasteiger partial charge < -0.3 is 4.74 Å². The predicted octanol–water partition coefficient (Wildman–Crippen LogP) is 11.0. The molecular formula is C37H38F6O. The van der Waals surface area contributed by atoms with Crippen molar-refractivity contribution in [3.05, 3.63) is 117 Å². The molecule has 0 bridgehead atoms. The second kappa shape index (κ2) is 13.1. The van der Waals surface area contributed by atoms with Crippen molar-refractivity contribution in [1.29, 1.82) is 0 Å². The van der Waals surface area contributed by atoms with Crippen molar-refractivity contribution in [2.75, 3.05) is 6.61 Å². The standard InChI is InChI=1S/C37H38F6O/c1-2-3-4-5-25-14-15-26(33(39)32(25)38)21-6-8-22(9-7-21)27-16-17-28(35(41)34(27)40)23-10-12-24(13-11-23)29-18-19-30(31-20-44-31)37(43)36(29)42/h2-3,14-19,21-24,31H,4-13,20H2,1H3/b3-2+.